The average Bonchev–Trinajstić information content (AvgIpc) is 3.11. The first-order chi connectivity index (χ1) is 14.8. The Balaban J connectivity index is 1.93. The molecule has 1 heteroatoms. The van der Waals surface area contributed by atoms with Gasteiger partial charge in [-0.15, -0.1) is 0 Å². The quantitative estimate of drug-likeness (QED) is 0.265. The van der Waals surface area contributed by atoms with E-state index >= 15 is 0 Å². The molecule has 0 spiro atoms. The lowest BCUT2D eigenvalue weighted by atomic mass is 9.89. The van der Waals surface area contributed by atoms with Crippen LogP contribution in [0.1, 0.15) is 25.3 Å². The van der Waals surface area contributed by atoms with Crippen LogP contribution in [0.3, 0.4) is 0 Å². The second kappa shape index (κ2) is 6.47. The first-order valence-electron chi connectivity index (χ1n) is 10.7. The summed E-state index contributed by atoms with van der Waals surface area (Å²) in [6.45, 7) is 4.60. The molecule has 0 radical (unpaired) electrons. The van der Waals surface area contributed by atoms with E-state index in [0.717, 1.165) is 0 Å². The number of nitrogens with zero attached hydrogens (tertiary/aromatic N) is 1. The number of fused-ring (bicyclic) bond motifs is 5. The minimum Gasteiger partial charge on any atom is -0.308 e. The maximum Gasteiger partial charge on any atom is 0.0619 e. The van der Waals surface area contributed by atoms with Crippen LogP contribution in [0.25, 0.3) is 49.0 Å². The maximum atomic E-state index is 2.47. The lowest BCUT2D eigenvalue weighted by Gasteiger charge is -2.20. The molecule has 0 aliphatic carbocycles. The van der Waals surface area contributed by atoms with Crippen LogP contribution in [0.15, 0.2) is 97.1 Å². The van der Waals surface area contributed by atoms with Crippen LogP contribution in [0.4, 0.5) is 0 Å². The van der Waals surface area contributed by atoms with Crippen LogP contribution in [0.5, 0.6) is 0 Å². The SMILES string of the molecule is CC(C)c1c2ccccc2c(-n2c3ccccc3c3ccccc32)c2ccccc12. The molecule has 0 amide bonds. The summed E-state index contributed by atoms with van der Waals surface area (Å²) in [5, 5.41) is 7.92. The Morgan fingerprint density at radius 2 is 0.833 bits per heavy atom. The number of aromatic nitrogens is 1. The van der Waals surface area contributed by atoms with Crippen molar-refractivity contribution in [2.75, 3.05) is 0 Å². The van der Waals surface area contributed by atoms with Gasteiger partial charge in [0.15, 0.2) is 0 Å². The average molecular weight is 386 g/mol. The lowest BCUT2D eigenvalue weighted by Crippen LogP contribution is -2.01. The van der Waals surface area contributed by atoms with Crippen molar-refractivity contribution in [1.29, 1.82) is 0 Å². The molecule has 0 unspecified atom stereocenters. The molecule has 1 aromatic heterocycles. The predicted molar refractivity (Wildman–Crippen MR) is 130 cm³/mol. The molecule has 0 fully saturated rings. The van der Waals surface area contributed by atoms with Gasteiger partial charge in [-0.3, -0.25) is 0 Å². The fraction of sp³-hybridized carbons (Fsp3) is 0.103. The van der Waals surface area contributed by atoms with Crippen LogP contribution >= 0.6 is 0 Å². The largest absolute Gasteiger partial charge is 0.308 e. The second-order valence-electron chi connectivity index (χ2n) is 8.38. The molecule has 0 saturated heterocycles. The first-order valence-corrected chi connectivity index (χ1v) is 10.7. The predicted octanol–water partition coefficient (Wildman–Crippen LogP) is 8.21. The van der Waals surface area contributed by atoms with E-state index < -0.39 is 0 Å². The van der Waals surface area contributed by atoms with Gasteiger partial charge in [0.1, 0.15) is 0 Å². The van der Waals surface area contributed by atoms with Crippen molar-refractivity contribution in [2.45, 2.75) is 19.8 Å². The Labute approximate surface area is 176 Å². The smallest absolute Gasteiger partial charge is 0.0619 e. The van der Waals surface area contributed by atoms with Gasteiger partial charge in [-0.2, -0.15) is 0 Å². The van der Waals surface area contributed by atoms with Crippen molar-refractivity contribution < 1.29 is 0 Å². The minimum atomic E-state index is 0.451. The summed E-state index contributed by atoms with van der Waals surface area (Å²) in [6, 6.07) is 35.3. The maximum absolute atomic E-state index is 2.47. The molecule has 0 bridgehead atoms. The van der Waals surface area contributed by atoms with E-state index in [2.05, 4.69) is 115 Å². The van der Waals surface area contributed by atoms with Crippen LogP contribution in [0.2, 0.25) is 0 Å². The summed E-state index contributed by atoms with van der Waals surface area (Å²) < 4.78 is 2.47. The molecule has 1 heterocycles. The highest BCUT2D eigenvalue weighted by Crippen LogP contribution is 2.42. The molecule has 144 valence electrons. The van der Waals surface area contributed by atoms with Crippen molar-refractivity contribution in [3.05, 3.63) is 103 Å². The number of hydrogen-bond donors (Lipinski definition) is 0. The van der Waals surface area contributed by atoms with E-state index in [1.165, 1.54) is 54.6 Å². The zero-order valence-corrected chi connectivity index (χ0v) is 17.3. The number of para-hydroxylation sites is 2. The van der Waals surface area contributed by atoms with E-state index in [-0.39, 0.29) is 0 Å². The fourth-order valence-electron chi connectivity index (χ4n) is 5.17. The Bertz CT molecular complexity index is 1460. The highest BCUT2D eigenvalue weighted by molar-refractivity contribution is 6.16. The van der Waals surface area contributed by atoms with E-state index in [1.807, 2.05) is 0 Å². The van der Waals surface area contributed by atoms with Crippen molar-refractivity contribution in [3.8, 4) is 5.69 Å². The summed E-state index contributed by atoms with van der Waals surface area (Å²) >= 11 is 0. The zero-order chi connectivity index (χ0) is 20.2. The molecule has 0 aliphatic rings. The van der Waals surface area contributed by atoms with Crippen LogP contribution in [-0.4, -0.2) is 4.57 Å². The van der Waals surface area contributed by atoms with Crippen molar-refractivity contribution in [1.82, 2.24) is 4.57 Å². The van der Waals surface area contributed by atoms with Crippen LogP contribution in [-0.2, 0) is 0 Å². The molecular weight excluding hydrogens is 362 g/mol. The van der Waals surface area contributed by atoms with E-state index in [9.17, 15) is 0 Å². The highest BCUT2D eigenvalue weighted by atomic mass is 15.0. The topological polar surface area (TPSA) is 4.93 Å². The Hall–Kier alpha value is -3.58. The third kappa shape index (κ3) is 2.29. The van der Waals surface area contributed by atoms with Crippen LogP contribution < -0.4 is 0 Å². The van der Waals surface area contributed by atoms with E-state index in [0.29, 0.717) is 5.92 Å². The normalized spacial score (nSPS) is 12.0. The molecule has 5 aromatic carbocycles. The van der Waals surface area contributed by atoms with E-state index in [4.69, 9.17) is 0 Å². The molecule has 30 heavy (non-hydrogen) atoms. The van der Waals surface area contributed by atoms with Gasteiger partial charge < -0.3 is 4.57 Å². The van der Waals surface area contributed by atoms with Gasteiger partial charge in [-0.25, -0.2) is 0 Å². The summed E-state index contributed by atoms with van der Waals surface area (Å²) in [4.78, 5) is 0. The van der Waals surface area contributed by atoms with Crippen LogP contribution in [0, 0.1) is 0 Å². The Kier molecular flexibility index (Phi) is 3.73. The van der Waals surface area contributed by atoms with Crippen molar-refractivity contribution in [3.63, 3.8) is 0 Å². The second-order valence-corrected chi connectivity index (χ2v) is 8.38. The number of hydrogen-bond acceptors (Lipinski definition) is 0. The Morgan fingerprint density at radius 1 is 0.467 bits per heavy atom. The van der Waals surface area contributed by atoms with Gasteiger partial charge in [0.2, 0.25) is 0 Å². The summed E-state index contributed by atoms with van der Waals surface area (Å²) in [6.07, 6.45) is 0. The number of rotatable bonds is 2. The molecule has 0 N–H and O–H groups in total. The van der Waals surface area contributed by atoms with E-state index in [1.54, 1.807) is 0 Å². The standard InChI is InChI=1S/C29H23N/c1-19(2)28-22-13-3-5-15-24(22)29(25-16-6-4-14-23(25)28)30-26-17-9-7-11-20(26)21-12-8-10-18-27(21)30/h3-19H,1-2H3. The molecule has 0 atom stereocenters. The molecule has 0 saturated carbocycles. The van der Waals surface area contributed by atoms with Crippen molar-refractivity contribution in [2.24, 2.45) is 0 Å². The minimum absolute atomic E-state index is 0.451. The Morgan fingerprint density at radius 3 is 1.27 bits per heavy atom. The van der Waals surface area contributed by atoms with Gasteiger partial charge in [-0.1, -0.05) is 98.8 Å². The van der Waals surface area contributed by atoms with Crippen molar-refractivity contribution >= 4 is 43.4 Å². The molecule has 0 aliphatic heterocycles. The first kappa shape index (κ1) is 17.3. The summed E-state index contributed by atoms with van der Waals surface area (Å²) in [5.41, 5.74) is 5.23. The van der Waals surface area contributed by atoms with Gasteiger partial charge in [0.05, 0.1) is 16.7 Å². The van der Waals surface area contributed by atoms with Gasteiger partial charge >= 0.3 is 0 Å². The monoisotopic (exact) mass is 385 g/mol. The fourth-order valence-corrected chi connectivity index (χ4v) is 5.17. The third-order valence-corrected chi connectivity index (χ3v) is 6.33. The summed E-state index contributed by atoms with van der Waals surface area (Å²) in [5.74, 6) is 0.451. The lowest BCUT2D eigenvalue weighted by molar-refractivity contribution is 0.885. The molecule has 1 nitrogen and oxygen atoms in total. The molecular formula is C29H23N. The zero-order valence-electron chi connectivity index (χ0n) is 17.3. The molecule has 6 rings (SSSR count). The number of benzene rings is 5. The highest BCUT2D eigenvalue weighted by Gasteiger charge is 2.19. The van der Waals surface area contributed by atoms with Gasteiger partial charge in [0.25, 0.3) is 0 Å². The van der Waals surface area contributed by atoms with Gasteiger partial charge in [0, 0.05) is 21.5 Å². The summed E-state index contributed by atoms with van der Waals surface area (Å²) in [7, 11) is 0. The third-order valence-electron chi connectivity index (χ3n) is 6.33. The van der Waals surface area contributed by atoms with Gasteiger partial charge in [-0.05, 0) is 34.4 Å². The molecule has 6 aromatic rings.